The molecule has 3 aromatic carbocycles. The topological polar surface area (TPSA) is 80.1 Å². The molecule has 6 rings (SSSR count). The van der Waals surface area contributed by atoms with Gasteiger partial charge in [-0.25, -0.2) is 0 Å². The smallest absolute Gasteiger partial charge is 0.269 e. The molecule has 0 saturated heterocycles. The first-order chi connectivity index (χ1) is 17.0. The fraction of sp³-hybridized carbons (Fsp3) is 0.333. The number of fused-ring (bicyclic) bond motifs is 5. The normalized spacial score (nSPS) is 20.9. The van der Waals surface area contributed by atoms with Crippen LogP contribution in [0.3, 0.4) is 0 Å². The summed E-state index contributed by atoms with van der Waals surface area (Å²) < 4.78 is 23.6. The van der Waals surface area contributed by atoms with Crippen LogP contribution in [0, 0.1) is 10.1 Å². The van der Waals surface area contributed by atoms with E-state index in [-0.39, 0.29) is 40.4 Å². The second kappa shape index (κ2) is 9.29. The number of nitrogens with zero attached hydrogens (tertiary/aromatic N) is 2. The molecule has 0 amide bonds. The van der Waals surface area contributed by atoms with Crippen molar-refractivity contribution in [3.63, 3.8) is 0 Å². The molecule has 3 aliphatic rings. The van der Waals surface area contributed by atoms with E-state index in [0.717, 1.165) is 64.5 Å². The highest BCUT2D eigenvalue weighted by Gasteiger charge is 2.48. The molecule has 0 spiro atoms. The number of hydrogen-bond donors (Lipinski definition) is 0. The average molecular weight is 555 g/mol. The second-order valence-corrected chi connectivity index (χ2v) is 9.50. The van der Waals surface area contributed by atoms with Gasteiger partial charge in [0.2, 0.25) is 6.79 Å². The van der Waals surface area contributed by atoms with Crippen molar-refractivity contribution >= 4 is 5.69 Å². The van der Waals surface area contributed by atoms with Crippen LogP contribution in [0.5, 0.6) is 23.0 Å². The number of benzene rings is 3. The Morgan fingerprint density at radius 2 is 1.86 bits per heavy atom. The standard InChI is InChI=1S/C27H27N2O6.BrH/c1-32-24-7-6-18-11-23-21-13-26-25(34-16-35-26)12-19(21)8-9-29(23,15-22(18)27(24)33-2)14-17-4-3-5-20(10-17)28(30)31;/h3-7,10,12-13,23H,8-9,11,14-16H2,1-2H3;1H/q+1;/p-1. The molecule has 3 aliphatic heterocycles. The molecule has 8 nitrogen and oxygen atoms in total. The van der Waals surface area contributed by atoms with Gasteiger partial charge in [0.1, 0.15) is 19.1 Å². The van der Waals surface area contributed by atoms with Crippen molar-refractivity contribution in [1.82, 2.24) is 0 Å². The van der Waals surface area contributed by atoms with Crippen LogP contribution in [0.1, 0.15) is 33.9 Å². The van der Waals surface area contributed by atoms with E-state index >= 15 is 0 Å². The zero-order chi connectivity index (χ0) is 24.2. The van der Waals surface area contributed by atoms with Crippen molar-refractivity contribution in [2.75, 3.05) is 27.6 Å². The maximum absolute atomic E-state index is 11.5. The van der Waals surface area contributed by atoms with Gasteiger partial charge in [0.05, 0.1) is 31.3 Å². The van der Waals surface area contributed by atoms with Crippen molar-refractivity contribution in [2.45, 2.75) is 32.0 Å². The molecule has 3 aromatic rings. The van der Waals surface area contributed by atoms with Crippen LogP contribution in [0.2, 0.25) is 0 Å². The lowest BCUT2D eigenvalue weighted by molar-refractivity contribution is -0.985. The molecule has 2 unspecified atom stereocenters. The van der Waals surface area contributed by atoms with Gasteiger partial charge in [-0.2, -0.15) is 0 Å². The third-order valence-electron chi connectivity index (χ3n) is 7.73. The van der Waals surface area contributed by atoms with E-state index in [2.05, 4.69) is 18.2 Å². The Morgan fingerprint density at radius 3 is 2.61 bits per heavy atom. The maximum atomic E-state index is 11.5. The number of nitro benzene ring substituents is 1. The Hall–Kier alpha value is -3.30. The van der Waals surface area contributed by atoms with Gasteiger partial charge in [-0.05, 0) is 29.3 Å². The average Bonchev–Trinajstić information content (AvgIpc) is 3.33. The van der Waals surface area contributed by atoms with Gasteiger partial charge in [0.15, 0.2) is 23.0 Å². The molecule has 0 aromatic heterocycles. The summed E-state index contributed by atoms with van der Waals surface area (Å²) in [5.41, 5.74) is 6.03. The van der Waals surface area contributed by atoms with Crippen molar-refractivity contribution in [3.8, 4) is 23.0 Å². The number of hydrogen-bond acceptors (Lipinski definition) is 6. The van der Waals surface area contributed by atoms with E-state index < -0.39 is 0 Å². The second-order valence-electron chi connectivity index (χ2n) is 9.50. The van der Waals surface area contributed by atoms with E-state index in [0.29, 0.717) is 6.54 Å². The lowest BCUT2D eigenvalue weighted by Crippen LogP contribution is -3.00. The summed E-state index contributed by atoms with van der Waals surface area (Å²) in [5.74, 6) is 3.10. The summed E-state index contributed by atoms with van der Waals surface area (Å²) in [7, 11) is 3.34. The molecule has 0 N–H and O–H groups in total. The quantitative estimate of drug-likeness (QED) is 0.271. The first-order valence-electron chi connectivity index (χ1n) is 11.8. The van der Waals surface area contributed by atoms with E-state index in [4.69, 9.17) is 18.9 Å². The van der Waals surface area contributed by atoms with Crippen LogP contribution in [-0.2, 0) is 25.9 Å². The molecule has 2 atom stereocenters. The fourth-order valence-electron chi connectivity index (χ4n) is 6.11. The van der Waals surface area contributed by atoms with Gasteiger partial charge >= 0.3 is 0 Å². The number of quaternary nitrogens is 1. The molecule has 36 heavy (non-hydrogen) atoms. The number of methoxy groups -OCH3 is 2. The minimum atomic E-state index is -0.327. The van der Waals surface area contributed by atoms with Gasteiger partial charge in [-0.15, -0.1) is 0 Å². The van der Waals surface area contributed by atoms with Crippen LogP contribution >= 0.6 is 0 Å². The Morgan fingerprint density at radius 1 is 1.06 bits per heavy atom. The lowest BCUT2D eigenvalue weighted by atomic mass is 9.80. The monoisotopic (exact) mass is 554 g/mol. The van der Waals surface area contributed by atoms with Crippen LogP contribution < -0.4 is 35.9 Å². The van der Waals surface area contributed by atoms with Crippen molar-refractivity contribution < 1.29 is 45.3 Å². The first-order valence-corrected chi connectivity index (χ1v) is 11.8. The highest BCUT2D eigenvalue weighted by Crippen LogP contribution is 2.51. The van der Waals surface area contributed by atoms with E-state index in [1.165, 1.54) is 16.7 Å². The lowest BCUT2D eigenvalue weighted by Gasteiger charge is -2.51. The van der Waals surface area contributed by atoms with Gasteiger partial charge in [-0.1, -0.05) is 18.2 Å². The van der Waals surface area contributed by atoms with E-state index in [1.807, 2.05) is 12.1 Å². The number of non-ortho nitro benzene ring substituents is 1. The Labute approximate surface area is 219 Å². The van der Waals surface area contributed by atoms with Crippen molar-refractivity contribution in [1.29, 1.82) is 0 Å². The first kappa shape index (κ1) is 24.4. The summed E-state index contributed by atoms with van der Waals surface area (Å²) >= 11 is 0. The summed E-state index contributed by atoms with van der Waals surface area (Å²) in [6.45, 7) is 2.58. The SMILES string of the molecule is COc1ccc2c(c1OC)C[N+]1(Cc3cccc([N+](=O)[O-])c3)CCc3cc4c(cc3C1C2)OCO4.[Br-]. The Kier molecular flexibility index (Phi) is 6.30. The third kappa shape index (κ3) is 3.87. The summed E-state index contributed by atoms with van der Waals surface area (Å²) in [6.07, 6.45) is 1.72. The van der Waals surface area contributed by atoms with E-state index in [1.54, 1.807) is 32.4 Å². The van der Waals surface area contributed by atoms with Gasteiger partial charge in [-0.3, -0.25) is 10.1 Å². The predicted octanol–water partition coefficient (Wildman–Crippen LogP) is 1.72. The number of halogens is 1. The predicted molar refractivity (Wildman–Crippen MR) is 128 cm³/mol. The zero-order valence-corrected chi connectivity index (χ0v) is 21.7. The van der Waals surface area contributed by atoms with E-state index in [9.17, 15) is 10.1 Å². The molecule has 0 bridgehead atoms. The Bertz CT molecular complexity index is 1350. The summed E-state index contributed by atoms with van der Waals surface area (Å²) in [5, 5.41) is 11.5. The van der Waals surface area contributed by atoms with Crippen LogP contribution in [0.25, 0.3) is 0 Å². The number of nitro groups is 1. The zero-order valence-electron chi connectivity index (χ0n) is 20.2. The van der Waals surface area contributed by atoms with Crippen molar-refractivity contribution in [3.05, 3.63) is 86.5 Å². The van der Waals surface area contributed by atoms with Gasteiger partial charge in [0, 0.05) is 36.1 Å². The molecule has 0 aliphatic carbocycles. The molecule has 0 saturated carbocycles. The van der Waals surface area contributed by atoms with Gasteiger partial charge in [0.25, 0.3) is 5.69 Å². The molecular weight excluding hydrogens is 528 g/mol. The molecular formula is C27H27BrN2O6. The molecule has 0 radical (unpaired) electrons. The number of ether oxygens (including phenoxy) is 4. The molecule has 0 fully saturated rings. The minimum Gasteiger partial charge on any atom is -1.00 e. The van der Waals surface area contributed by atoms with Crippen LogP contribution in [-0.4, -0.2) is 37.0 Å². The molecule has 3 heterocycles. The molecule has 9 heteroatoms. The third-order valence-corrected chi connectivity index (χ3v) is 7.73. The van der Waals surface area contributed by atoms with Gasteiger partial charge < -0.3 is 40.4 Å². The minimum absolute atomic E-state index is 0. The molecule has 188 valence electrons. The maximum Gasteiger partial charge on any atom is 0.269 e. The summed E-state index contributed by atoms with van der Waals surface area (Å²) in [4.78, 5) is 11.1. The summed E-state index contributed by atoms with van der Waals surface area (Å²) in [6, 6.07) is 15.6. The van der Waals surface area contributed by atoms with Crippen LogP contribution in [0.15, 0.2) is 48.5 Å². The Balaban J connectivity index is 0.00000267. The fourth-order valence-corrected chi connectivity index (χ4v) is 6.11. The number of rotatable bonds is 5. The highest BCUT2D eigenvalue weighted by atomic mass is 79.9. The highest BCUT2D eigenvalue weighted by molar-refractivity contribution is 5.54. The largest absolute Gasteiger partial charge is 1.00 e. The van der Waals surface area contributed by atoms with Crippen LogP contribution in [0.4, 0.5) is 5.69 Å². The van der Waals surface area contributed by atoms with Crippen molar-refractivity contribution in [2.24, 2.45) is 0 Å².